The van der Waals surface area contributed by atoms with Crippen molar-refractivity contribution in [3.05, 3.63) is 18.7 Å². The number of nitrogens with zero attached hydrogens (tertiary/aromatic N) is 3. The lowest BCUT2D eigenvalue weighted by Gasteiger charge is -2.24. The summed E-state index contributed by atoms with van der Waals surface area (Å²) in [4.78, 5) is 28.3. The summed E-state index contributed by atoms with van der Waals surface area (Å²) in [5.74, 6) is -1.69. The molecule has 0 spiro atoms. The van der Waals surface area contributed by atoms with Crippen molar-refractivity contribution in [1.29, 1.82) is 0 Å². The number of aryl methyl sites for hydroxylation is 1. The van der Waals surface area contributed by atoms with Crippen LogP contribution in [0.5, 0.6) is 0 Å². The Morgan fingerprint density at radius 1 is 1.50 bits per heavy atom. The van der Waals surface area contributed by atoms with Crippen molar-refractivity contribution in [2.24, 2.45) is 5.92 Å². The van der Waals surface area contributed by atoms with Gasteiger partial charge in [-0.2, -0.15) is 0 Å². The third-order valence-corrected chi connectivity index (χ3v) is 2.94. The molecule has 112 valence electrons. The van der Waals surface area contributed by atoms with Crippen LogP contribution in [-0.4, -0.2) is 58.2 Å². The predicted molar refractivity (Wildman–Crippen MR) is 72.1 cm³/mol. The van der Waals surface area contributed by atoms with E-state index in [0.717, 1.165) is 13.0 Å². The van der Waals surface area contributed by atoms with Crippen molar-refractivity contribution in [1.82, 2.24) is 14.5 Å². The maximum Gasteiger partial charge on any atom is 0.308 e. The van der Waals surface area contributed by atoms with E-state index in [1.165, 1.54) is 7.11 Å². The second-order valence-electron chi connectivity index (χ2n) is 4.67. The number of carbonyl (C=O) groups excluding carboxylic acids is 1. The normalized spacial score (nSPS) is 12.1. The minimum Gasteiger partial charge on any atom is -0.481 e. The molecule has 20 heavy (non-hydrogen) atoms. The van der Waals surface area contributed by atoms with E-state index in [9.17, 15) is 9.59 Å². The molecular formula is C13H21N3O4. The molecule has 7 nitrogen and oxygen atoms in total. The van der Waals surface area contributed by atoms with Crippen molar-refractivity contribution in [3.63, 3.8) is 0 Å². The first-order chi connectivity index (χ1) is 9.54. The molecule has 1 N–H and O–H groups in total. The fourth-order valence-electron chi connectivity index (χ4n) is 1.80. The number of aromatic nitrogens is 2. The van der Waals surface area contributed by atoms with Crippen LogP contribution in [0, 0.1) is 5.92 Å². The molecule has 1 aromatic rings. The van der Waals surface area contributed by atoms with Crippen LogP contribution in [0.4, 0.5) is 0 Å². The fourth-order valence-corrected chi connectivity index (χ4v) is 1.80. The van der Waals surface area contributed by atoms with Gasteiger partial charge in [0.2, 0.25) is 5.91 Å². The van der Waals surface area contributed by atoms with Gasteiger partial charge in [0.15, 0.2) is 0 Å². The van der Waals surface area contributed by atoms with Gasteiger partial charge in [-0.3, -0.25) is 9.59 Å². The molecule has 0 aliphatic rings. The number of carbonyl (C=O) groups is 2. The van der Waals surface area contributed by atoms with E-state index in [2.05, 4.69) is 4.98 Å². The molecule has 0 radical (unpaired) electrons. The predicted octanol–water partition coefficient (Wildman–Crippen LogP) is 0.469. The van der Waals surface area contributed by atoms with Gasteiger partial charge >= 0.3 is 5.97 Å². The van der Waals surface area contributed by atoms with Crippen molar-refractivity contribution >= 4 is 11.9 Å². The minimum absolute atomic E-state index is 0.0303. The number of hydrogen-bond acceptors (Lipinski definition) is 4. The first-order valence-corrected chi connectivity index (χ1v) is 6.50. The molecule has 0 saturated carbocycles. The zero-order valence-corrected chi connectivity index (χ0v) is 11.9. The summed E-state index contributed by atoms with van der Waals surface area (Å²) < 4.78 is 6.74. The van der Waals surface area contributed by atoms with Crippen LogP contribution >= 0.6 is 0 Å². The second-order valence-corrected chi connectivity index (χ2v) is 4.67. The highest BCUT2D eigenvalue weighted by Crippen LogP contribution is 2.04. The van der Waals surface area contributed by atoms with Gasteiger partial charge in [0, 0.05) is 39.1 Å². The zero-order chi connectivity index (χ0) is 15.0. The maximum absolute atomic E-state index is 11.9. The lowest BCUT2D eigenvalue weighted by molar-refractivity contribution is -0.143. The Morgan fingerprint density at radius 2 is 2.25 bits per heavy atom. The molecule has 0 bridgehead atoms. The number of ether oxygens (including phenoxy) is 1. The van der Waals surface area contributed by atoms with E-state index in [1.807, 2.05) is 10.8 Å². The monoisotopic (exact) mass is 283 g/mol. The molecule has 0 saturated heterocycles. The van der Waals surface area contributed by atoms with Gasteiger partial charge in [-0.25, -0.2) is 4.98 Å². The highest BCUT2D eigenvalue weighted by atomic mass is 16.5. The first-order valence-electron chi connectivity index (χ1n) is 6.50. The highest BCUT2D eigenvalue weighted by molar-refractivity contribution is 5.78. The van der Waals surface area contributed by atoms with E-state index in [-0.39, 0.29) is 19.1 Å². The number of carboxylic acids is 1. The van der Waals surface area contributed by atoms with Gasteiger partial charge < -0.3 is 19.3 Å². The van der Waals surface area contributed by atoms with Crippen LogP contribution in [0.3, 0.4) is 0 Å². The van der Waals surface area contributed by atoms with Crippen LogP contribution in [0.2, 0.25) is 0 Å². The van der Waals surface area contributed by atoms with Crippen molar-refractivity contribution in [2.75, 3.05) is 26.8 Å². The summed E-state index contributed by atoms with van der Waals surface area (Å²) in [5.41, 5.74) is 0. The Hall–Kier alpha value is -1.89. The quantitative estimate of drug-likeness (QED) is 0.712. The van der Waals surface area contributed by atoms with Crippen molar-refractivity contribution < 1.29 is 19.4 Å². The number of imidazole rings is 1. The Morgan fingerprint density at radius 3 is 2.80 bits per heavy atom. The number of aliphatic carboxylic acids is 1. The average molecular weight is 283 g/mol. The van der Waals surface area contributed by atoms with Gasteiger partial charge in [0.05, 0.1) is 12.2 Å². The summed E-state index contributed by atoms with van der Waals surface area (Å²) in [6.45, 7) is 2.99. The summed E-state index contributed by atoms with van der Waals surface area (Å²) >= 11 is 0. The largest absolute Gasteiger partial charge is 0.481 e. The van der Waals surface area contributed by atoms with Gasteiger partial charge in [-0.05, 0) is 6.42 Å². The van der Waals surface area contributed by atoms with Gasteiger partial charge in [0.1, 0.15) is 6.61 Å². The van der Waals surface area contributed by atoms with E-state index in [0.29, 0.717) is 6.54 Å². The Bertz CT molecular complexity index is 419. The third-order valence-electron chi connectivity index (χ3n) is 2.94. The number of carboxylic acid groups (broad SMARTS) is 1. The minimum atomic E-state index is -0.908. The summed E-state index contributed by atoms with van der Waals surface area (Å²) in [7, 11) is 1.45. The van der Waals surface area contributed by atoms with Gasteiger partial charge in [-0.15, -0.1) is 0 Å². The van der Waals surface area contributed by atoms with Crippen molar-refractivity contribution in [2.45, 2.75) is 19.9 Å². The molecule has 0 fully saturated rings. The number of rotatable bonds is 9. The summed E-state index contributed by atoms with van der Waals surface area (Å²) in [6, 6.07) is 0. The first kappa shape index (κ1) is 16.2. The van der Waals surface area contributed by atoms with Crippen LogP contribution in [0.15, 0.2) is 18.7 Å². The van der Waals surface area contributed by atoms with Gasteiger partial charge in [0.25, 0.3) is 0 Å². The Labute approximate surface area is 118 Å². The topological polar surface area (TPSA) is 84.7 Å². The fraction of sp³-hybridized carbons (Fsp3) is 0.615. The second kappa shape index (κ2) is 8.31. The molecule has 0 aliphatic carbocycles. The molecule has 0 aromatic carbocycles. The van der Waals surface area contributed by atoms with Crippen LogP contribution in [0.1, 0.15) is 13.3 Å². The number of hydrogen-bond donors (Lipinski definition) is 1. The SMILES string of the molecule is COCC(=O)N(CCCn1ccnc1)CC(C)C(=O)O. The molecule has 7 heteroatoms. The highest BCUT2D eigenvalue weighted by Gasteiger charge is 2.20. The number of amides is 1. The smallest absolute Gasteiger partial charge is 0.308 e. The maximum atomic E-state index is 11.9. The molecule has 1 rings (SSSR count). The third kappa shape index (κ3) is 5.40. The van der Waals surface area contributed by atoms with Crippen LogP contribution < -0.4 is 0 Å². The van der Waals surface area contributed by atoms with E-state index in [4.69, 9.17) is 9.84 Å². The van der Waals surface area contributed by atoms with E-state index >= 15 is 0 Å². The zero-order valence-electron chi connectivity index (χ0n) is 11.9. The van der Waals surface area contributed by atoms with Crippen molar-refractivity contribution in [3.8, 4) is 0 Å². The molecule has 0 aliphatic heterocycles. The lowest BCUT2D eigenvalue weighted by atomic mass is 10.1. The average Bonchev–Trinajstić information content (AvgIpc) is 2.90. The molecule has 1 atom stereocenters. The summed E-state index contributed by atoms with van der Waals surface area (Å²) in [6.07, 6.45) is 5.99. The lowest BCUT2D eigenvalue weighted by Crippen LogP contribution is -2.39. The molecule has 1 unspecified atom stereocenters. The molecule has 1 aromatic heterocycles. The van der Waals surface area contributed by atoms with Crippen LogP contribution in [0.25, 0.3) is 0 Å². The van der Waals surface area contributed by atoms with E-state index < -0.39 is 11.9 Å². The van der Waals surface area contributed by atoms with Crippen LogP contribution in [-0.2, 0) is 20.9 Å². The molecule has 1 heterocycles. The number of methoxy groups -OCH3 is 1. The standard InChI is InChI=1S/C13H21N3O4/c1-11(13(18)19)8-16(12(17)9-20-2)6-3-5-15-7-4-14-10-15/h4,7,10-11H,3,5-6,8-9H2,1-2H3,(H,18,19). The molecule has 1 amide bonds. The molecular weight excluding hydrogens is 262 g/mol. The Kier molecular flexibility index (Phi) is 6.72. The Balaban J connectivity index is 2.48. The van der Waals surface area contributed by atoms with E-state index in [1.54, 1.807) is 24.3 Å². The summed E-state index contributed by atoms with van der Waals surface area (Å²) in [5, 5.41) is 8.94. The van der Waals surface area contributed by atoms with Gasteiger partial charge in [-0.1, -0.05) is 6.92 Å².